The number of hydrogen-bond donors (Lipinski definition) is 1. The number of unbranched alkanes of at least 4 members (excludes halogenated alkanes) is 1. The number of piperazine rings is 1. The highest BCUT2D eigenvalue weighted by Gasteiger charge is 2.15. The first kappa shape index (κ1) is 17.7. The third kappa shape index (κ3) is 5.20. The summed E-state index contributed by atoms with van der Waals surface area (Å²) in [5.41, 5.74) is 2.31. The molecule has 1 fully saturated rings. The average Bonchev–Trinajstić information content (AvgIpc) is 2.61. The van der Waals surface area contributed by atoms with Crippen LogP contribution in [0.2, 0.25) is 0 Å². The zero-order valence-electron chi connectivity index (χ0n) is 14.1. The largest absolute Gasteiger partial charge is 0.368 e. The van der Waals surface area contributed by atoms with Crippen LogP contribution in [0.15, 0.2) is 51.8 Å². The first-order valence-corrected chi connectivity index (χ1v) is 9.14. The second-order valence-electron chi connectivity index (χ2n) is 5.63. The number of terminal acetylenes is 1. The highest BCUT2D eigenvalue weighted by atomic mass is 32.2. The molecule has 1 aliphatic heterocycles. The lowest BCUT2D eigenvalue weighted by Crippen LogP contribution is -2.43. The van der Waals surface area contributed by atoms with Gasteiger partial charge in [0, 0.05) is 41.6 Å². The van der Waals surface area contributed by atoms with Crippen molar-refractivity contribution in [1.82, 2.24) is 5.32 Å². The van der Waals surface area contributed by atoms with Crippen LogP contribution in [0.1, 0.15) is 26.7 Å². The smallest absolute Gasteiger partial charge is 0.0508 e. The van der Waals surface area contributed by atoms with E-state index in [0.717, 1.165) is 44.6 Å². The Labute approximate surface area is 145 Å². The number of rotatable bonds is 6. The van der Waals surface area contributed by atoms with Crippen LogP contribution >= 0.6 is 11.8 Å². The zero-order valence-corrected chi connectivity index (χ0v) is 15.0. The van der Waals surface area contributed by atoms with E-state index < -0.39 is 0 Å². The van der Waals surface area contributed by atoms with Crippen molar-refractivity contribution in [2.45, 2.75) is 31.6 Å². The number of thioether (sulfide) groups is 1. The van der Waals surface area contributed by atoms with Gasteiger partial charge in [0.1, 0.15) is 0 Å². The summed E-state index contributed by atoms with van der Waals surface area (Å²) in [6.07, 6.45) is 12.3. The number of allylic oxidation sites excluding steroid dienone is 3. The maximum atomic E-state index is 5.64. The van der Waals surface area contributed by atoms with Crippen molar-refractivity contribution < 1.29 is 0 Å². The summed E-state index contributed by atoms with van der Waals surface area (Å²) < 4.78 is 0. The maximum absolute atomic E-state index is 5.64. The third-order valence-corrected chi connectivity index (χ3v) is 5.08. The van der Waals surface area contributed by atoms with Gasteiger partial charge in [-0.15, -0.1) is 6.42 Å². The average molecular weight is 327 g/mol. The van der Waals surface area contributed by atoms with Crippen LogP contribution in [0.5, 0.6) is 0 Å². The summed E-state index contributed by atoms with van der Waals surface area (Å²) in [5.74, 6) is 2.80. The lowest BCUT2D eigenvalue weighted by Gasteiger charge is -2.31. The summed E-state index contributed by atoms with van der Waals surface area (Å²) in [6, 6.07) is 8.63. The molecule has 1 aromatic rings. The van der Waals surface area contributed by atoms with Crippen LogP contribution < -0.4 is 10.2 Å². The van der Waals surface area contributed by atoms with Gasteiger partial charge in [-0.3, -0.25) is 0 Å². The lowest BCUT2D eigenvalue weighted by atomic mass is 10.2. The molecule has 1 N–H and O–H groups in total. The summed E-state index contributed by atoms with van der Waals surface area (Å²) >= 11 is 1.78. The number of anilines is 1. The van der Waals surface area contributed by atoms with Crippen LogP contribution in [0.25, 0.3) is 0 Å². The van der Waals surface area contributed by atoms with E-state index in [1.807, 2.05) is 6.92 Å². The van der Waals surface area contributed by atoms with Crippen molar-refractivity contribution in [3.8, 4) is 12.3 Å². The zero-order chi connectivity index (χ0) is 16.5. The molecule has 0 amide bonds. The number of nitrogens with zero attached hydrogens (tertiary/aromatic N) is 1. The molecule has 23 heavy (non-hydrogen) atoms. The maximum Gasteiger partial charge on any atom is 0.0508 e. The Bertz CT molecular complexity index is 604. The fourth-order valence-corrected chi connectivity index (χ4v) is 3.55. The van der Waals surface area contributed by atoms with Crippen LogP contribution in [-0.4, -0.2) is 26.2 Å². The molecule has 0 atom stereocenters. The van der Waals surface area contributed by atoms with Gasteiger partial charge in [0.25, 0.3) is 0 Å². The predicted molar refractivity (Wildman–Crippen MR) is 103 cm³/mol. The van der Waals surface area contributed by atoms with Crippen LogP contribution in [0, 0.1) is 12.3 Å². The van der Waals surface area contributed by atoms with Crippen LogP contribution in [0.4, 0.5) is 5.69 Å². The van der Waals surface area contributed by atoms with Crippen molar-refractivity contribution in [1.29, 1.82) is 0 Å². The third-order valence-electron chi connectivity index (χ3n) is 3.85. The normalized spacial score (nSPS) is 16.3. The minimum absolute atomic E-state index is 0.998. The Morgan fingerprint density at radius 3 is 2.78 bits per heavy atom. The van der Waals surface area contributed by atoms with E-state index in [4.69, 9.17) is 6.42 Å². The Hall–Kier alpha value is -1.63. The summed E-state index contributed by atoms with van der Waals surface area (Å²) in [4.78, 5) is 4.90. The second-order valence-corrected chi connectivity index (χ2v) is 6.72. The minimum Gasteiger partial charge on any atom is -0.368 e. The summed E-state index contributed by atoms with van der Waals surface area (Å²) in [5, 5.41) is 3.41. The molecule has 2 nitrogen and oxygen atoms in total. The Morgan fingerprint density at radius 2 is 2.09 bits per heavy atom. The van der Waals surface area contributed by atoms with Crippen LogP contribution in [-0.2, 0) is 0 Å². The van der Waals surface area contributed by atoms with Crippen molar-refractivity contribution in [3.63, 3.8) is 0 Å². The fraction of sp³-hybridized carbons (Fsp3) is 0.400. The fourth-order valence-electron chi connectivity index (χ4n) is 2.49. The Kier molecular flexibility index (Phi) is 7.32. The van der Waals surface area contributed by atoms with E-state index in [0.29, 0.717) is 0 Å². The highest BCUT2D eigenvalue weighted by molar-refractivity contribution is 8.03. The number of nitrogens with one attached hydrogen (secondary N) is 1. The van der Waals surface area contributed by atoms with E-state index in [2.05, 4.69) is 59.5 Å². The lowest BCUT2D eigenvalue weighted by molar-refractivity contribution is 0.587. The van der Waals surface area contributed by atoms with Crippen molar-refractivity contribution >= 4 is 17.4 Å². The molecule has 0 unspecified atom stereocenters. The first-order valence-electron chi connectivity index (χ1n) is 8.32. The molecule has 0 saturated carbocycles. The molecule has 0 spiro atoms. The molecule has 0 radical (unpaired) electrons. The molecule has 0 bridgehead atoms. The highest BCUT2D eigenvalue weighted by Crippen LogP contribution is 2.37. The van der Waals surface area contributed by atoms with Gasteiger partial charge in [-0.05, 0) is 25.5 Å². The van der Waals surface area contributed by atoms with Gasteiger partial charge in [-0.2, -0.15) is 0 Å². The second kappa shape index (κ2) is 9.50. The van der Waals surface area contributed by atoms with Crippen molar-refractivity contribution in [3.05, 3.63) is 46.9 Å². The van der Waals surface area contributed by atoms with Gasteiger partial charge in [0.15, 0.2) is 0 Å². The monoisotopic (exact) mass is 326 g/mol. The van der Waals surface area contributed by atoms with E-state index in [1.54, 1.807) is 11.8 Å². The number of hydrogen-bond acceptors (Lipinski definition) is 3. The molecule has 122 valence electrons. The van der Waals surface area contributed by atoms with Crippen LogP contribution in [0.3, 0.4) is 0 Å². The van der Waals surface area contributed by atoms with Gasteiger partial charge < -0.3 is 10.2 Å². The van der Waals surface area contributed by atoms with E-state index in [9.17, 15) is 0 Å². The van der Waals surface area contributed by atoms with E-state index in [-0.39, 0.29) is 0 Å². The first-order chi connectivity index (χ1) is 11.3. The SMILES string of the molecule is C#C/C(C)=C(\C=C/CCC)Sc1ccccc1N1CCNCC1. The quantitative estimate of drug-likeness (QED) is 0.472. The standard InChI is InChI=1S/C20H26N2S/c1-4-6-7-11-19(17(3)5-2)23-20-12-9-8-10-18(20)22-15-13-21-14-16-22/h2,7-12,21H,4,6,13-16H2,1,3H3/b11-7-,19-17+. The van der Waals surface area contributed by atoms with E-state index >= 15 is 0 Å². The summed E-state index contributed by atoms with van der Waals surface area (Å²) in [7, 11) is 0. The predicted octanol–water partition coefficient (Wildman–Crippen LogP) is 4.45. The van der Waals surface area contributed by atoms with Crippen molar-refractivity contribution in [2.24, 2.45) is 0 Å². The van der Waals surface area contributed by atoms with Gasteiger partial charge in [-0.1, -0.05) is 55.3 Å². The molecular formula is C20H26N2S. The molecule has 1 aromatic carbocycles. The topological polar surface area (TPSA) is 15.3 Å². The molecule has 0 aliphatic carbocycles. The van der Waals surface area contributed by atoms with E-state index in [1.165, 1.54) is 15.5 Å². The number of para-hydroxylation sites is 1. The number of benzene rings is 1. The molecule has 1 saturated heterocycles. The molecule has 3 heteroatoms. The Balaban J connectivity index is 2.25. The minimum atomic E-state index is 0.998. The van der Waals surface area contributed by atoms with Crippen molar-refractivity contribution in [2.75, 3.05) is 31.1 Å². The molecule has 1 aliphatic rings. The van der Waals surface area contributed by atoms with Gasteiger partial charge >= 0.3 is 0 Å². The van der Waals surface area contributed by atoms with Gasteiger partial charge in [0.2, 0.25) is 0 Å². The van der Waals surface area contributed by atoms with Gasteiger partial charge in [-0.25, -0.2) is 0 Å². The van der Waals surface area contributed by atoms with Gasteiger partial charge in [0.05, 0.1) is 5.69 Å². The summed E-state index contributed by atoms with van der Waals surface area (Å²) in [6.45, 7) is 8.40. The Morgan fingerprint density at radius 1 is 1.35 bits per heavy atom. The molecule has 2 rings (SSSR count). The molecule has 1 heterocycles. The molecule has 0 aromatic heterocycles. The molecular weight excluding hydrogens is 300 g/mol.